The van der Waals surface area contributed by atoms with Crippen LogP contribution < -0.4 is 4.67 Å². The van der Waals surface area contributed by atoms with Gasteiger partial charge in [0.2, 0.25) is 6.21 Å². The van der Waals surface area contributed by atoms with E-state index in [0.717, 1.165) is 13.0 Å². The van der Waals surface area contributed by atoms with Gasteiger partial charge in [0, 0.05) is 11.8 Å². The molecule has 3 heterocycles. The number of aromatic nitrogens is 1. The number of hydrogen-bond donors (Lipinski definition) is 2. The number of rotatable bonds is 2. The highest BCUT2D eigenvalue weighted by atomic mass is 19.1. The quantitative estimate of drug-likeness (QED) is 0.603. The number of pyridine rings is 1. The SMILES string of the molecule is CCc1c(F)ccc2cc(O)cc(-c3ncc4c(c3F)C=[N+]=C4N3CCC[C@@](C)(O)C3)c12. The summed E-state index contributed by atoms with van der Waals surface area (Å²) in [5.74, 6) is -0.385. The Balaban J connectivity index is 1.64. The number of halogens is 2. The van der Waals surface area contributed by atoms with Crippen LogP contribution in [0.5, 0.6) is 5.75 Å². The second kappa shape index (κ2) is 7.40. The normalized spacial score (nSPS) is 20.0. The lowest BCUT2D eigenvalue weighted by atomic mass is 9.93. The number of amidine groups is 1. The molecule has 3 aromatic rings. The lowest BCUT2D eigenvalue weighted by Crippen LogP contribution is -2.49. The van der Waals surface area contributed by atoms with Crippen LogP contribution in [0.2, 0.25) is 0 Å². The van der Waals surface area contributed by atoms with Crippen molar-refractivity contribution in [3.05, 3.63) is 58.8 Å². The van der Waals surface area contributed by atoms with Crippen LogP contribution in [0.4, 0.5) is 8.78 Å². The molecule has 0 aliphatic carbocycles. The maximum absolute atomic E-state index is 15.7. The molecule has 2 aromatic carbocycles. The monoisotopic (exact) mass is 436 g/mol. The first-order valence-electron chi connectivity index (χ1n) is 10.8. The fourth-order valence-corrected chi connectivity index (χ4v) is 4.87. The van der Waals surface area contributed by atoms with Gasteiger partial charge in [-0.05, 0) is 60.7 Å². The van der Waals surface area contributed by atoms with Gasteiger partial charge in [0.1, 0.15) is 29.4 Å². The van der Waals surface area contributed by atoms with E-state index in [1.165, 1.54) is 24.4 Å². The molecular weight excluding hydrogens is 412 g/mol. The van der Waals surface area contributed by atoms with E-state index in [1.807, 2.05) is 11.8 Å². The number of aliphatic hydroxyl groups is 1. The molecule has 7 heteroatoms. The van der Waals surface area contributed by atoms with Crippen molar-refractivity contribution in [3.8, 4) is 17.0 Å². The predicted molar refractivity (Wildman–Crippen MR) is 121 cm³/mol. The van der Waals surface area contributed by atoms with Gasteiger partial charge in [0.15, 0.2) is 5.82 Å². The fraction of sp³-hybridized carbons (Fsp3) is 0.320. The number of phenolic OH excluding ortho intramolecular Hbond substituents is 1. The number of hydrogen-bond acceptors (Lipinski definition) is 4. The van der Waals surface area contributed by atoms with Crippen molar-refractivity contribution in [1.82, 2.24) is 14.6 Å². The van der Waals surface area contributed by atoms with Crippen molar-refractivity contribution in [1.29, 1.82) is 0 Å². The van der Waals surface area contributed by atoms with Gasteiger partial charge in [0.05, 0.1) is 17.7 Å². The van der Waals surface area contributed by atoms with Crippen LogP contribution in [-0.2, 0) is 6.42 Å². The predicted octanol–water partition coefficient (Wildman–Crippen LogP) is 3.54. The Morgan fingerprint density at radius 1 is 1.22 bits per heavy atom. The van der Waals surface area contributed by atoms with E-state index >= 15 is 4.39 Å². The van der Waals surface area contributed by atoms with Crippen molar-refractivity contribution in [2.24, 2.45) is 0 Å². The molecule has 0 amide bonds. The van der Waals surface area contributed by atoms with Crippen molar-refractivity contribution in [2.75, 3.05) is 13.1 Å². The van der Waals surface area contributed by atoms with E-state index in [9.17, 15) is 14.6 Å². The summed E-state index contributed by atoms with van der Waals surface area (Å²) in [6.45, 7) is 4.77. The van der Waals surface area contributed by atoms with Crippen molar-refractivity contribution in [2.45, 2.75) is 38.7 Å². The number of phenols is 1. The molecule has 0 radical (unpaired) electrons. The van der Waals surface area contributed by atoms with E-state index < -0.39 is 11.4 Å². The molecule has 1 atom stereocenters. The molecule has 1 aromatic heterocycles. The van der Waals surface area contributed by atoms with Crippen LogP contribution in [0.1, 0.15) is 43.4 Å². The summed E-state index contributed by atoms with van der Waals surface area (Å²) in [4.78, 5) is 6.36. The number of β-amino-alcohol motifs (C(OH)–C–C–N with tert-alkyl or cyclic N) is 1. The van der Waals surface area contributed by atoms with Gasteiger partial charge < -0.3 is 10.2 Å². The van der Waals surface area contributed by atoms with Crippen LogP contribution in [0.25, 0.3) is 22.0 Å². The number of likely N-dealkylation sites (tertiary alicyclic amines) is 1. The number of aryl methyl sites for hydroxylation is 1. The highest BCUT2D eigenvalue weighted by Crippen LogP contribution is 2.37. The average Bonchev–Trinajstić information content (AvgIpc) is 3.18. The van der Waals surface area contributed by atoms with Gasteiger partial charge in [-0.3, -0.25) is 4.98 Å². The van der Waals surface area contributed by atoms with Crippen molar-refractivity contribution in [3.63, 3.8) is 0 Å². The summed E-state index contributed by atoms with van der Waals surface area (Å²) < 4.78 is 34.7. The fourth-order valence-electron chi connectivity index (χ4n) is 4.87. The molecule has 0 saturated carbocycles. The van der Waals surface area contributed by atoms with Crippen molar-refractivity contribution >= 4 is 22.8 Å². The minimum Gasteiger partial charge on any atom is -0.508 e. The second-order valence-corrected chi connectivity index (χ2v) is 8.82. The van der Waals surface area contributed by atoms with Crippen LogP contribution in [0.3, 0.4) is 0 Å². The molecule has 0 unspecified atom stereocenters. The number of piperidine rings is 1. The third-order valence-electron chi connectivity index (χ3n) is 6.35. The Morgan fingerprint density at radius 2 is 2.03 bits per heavy atom. The first-order chi connectivity index (χ1) is 15.3. The molecule has 0 bridgehead atoms. The third kappa shape index (κ3) is 3.25. The summed E-state index contributed by atoms with van der Waals surface area (Å²) in [6.07, 6.45) is 4.98. The zero-order valence-corrected chi connectivity index (χ0v) is 18.0. The summed E-state index contributed by atoms with van der Waals surface area (Å²) in [6, 6.07) is 5.90. The molecular formula is C25H24F2N3O2+. The Bertz CT molecular complexity index is 1330. The number of fused-ring (bicyclic) bond motifs is 2. The first-order valence-corrected chi connectivity index (χ1v) is 10.8. The molecule has 0 spiro atoms. The Morgan fingerprint density at radius 3 is 2.78 bits per heavy atom. The van der Waals surface area contributed by atoms with E-state index in [-0.39, 0.29) is 17.3 Å². The highest BCUT2D eigenvalue weighted by Gasteiger charge is 2.40. The molecule has 164 valence electrons. The largest absolute Gasteiger partial charge is 0.508 e. The summed E-state index contributed by atoms with van der Waals surface area (Å²) in [5.41, 5.74) is 0.895. The zero-order valence-electron chi connectivity index (χ0n) is 18.0. The van der Waals surface area contributed by atoms with Gasteiger partial charge in [-0.15, -0.1) is 0 Å². The van der Waals surface area contributed by atoms with Gasteiger partial charge in [-0.1, -0.05) is 13.0 Å². The van der Waals surface area contributed by atoms with Gasteiger partial charge in [0.25, 0.3) is 0 Å². The van der Waals surface area contributed by atoms with Crippen LogP contribution in [0, 0.1) is 11.6 Å². The minimum atomic E-state index is -0.823. The molecule has 5 rings (SSSR count). The minimum absolute atomic E-state index is 0.0423. The summed E-state index contributed by atoms with van der Waals surface area (Å²) in [7, 11) is 0. The zero-order chi connectivity index (χ0) is 22.6. The van der Waals surface area contributed by atoms with Crippen LogP contribution >= 0.6 is 0 Å². The van der Waals surface area contributed by atoms with Gasteiger partial charge in [-0.2, -0.15) is 0 Å². The van der Waals surface area contributed by atoms with E-state index in [1.54, 1.807) is 19.2 Å². The first kappa shape index (κ1) is 20.6. The number of aromatic hydroxyl groups is 1. The lowest BCUT2D eigenvalue weighted by Gasteiger charge is -2.32. The lowest BCUT2D eigenvalue weighted by molar-refractivity contribution is 0.00583. The Kier molecular flexibility index (Phi) is 4.77. The smallest absolute Gasteiger partial charge is 0.379 e. The van der Waals surface area contributed by atoms with E-state index in [2.05, 4.69) is 9.65 Å². The number of nitrogens with zero attached hydrogens (tertiary/aromatic N) is 3. The topological polar surface area (TPSA) is 70.7 Å². The van der Waals surface area contributed by atoms with Crippen molar-refractivity contribution < 1.29 is 19.0 Å². The molecule has 2 aliphatic heterocycles. The molecule has 2 N–H and O–H groups in total. The molecule has 1 fully saturated rings. The molecule has 32 heavy (non-hydrogen) atoms. The molecule has 2 aliphatic rings. The van der Waals surface area contributed by atoms with Crippen LogP contribution in [-0.4, -0.2) is 50.8 Å². The number of benzene rings is 2. The Hall–Kier alpha value is -3.28. The third-order valence-corrected chi connectivity index (χ3v) is 6.35. The van der Waals surface area contributed by atoms with Crippen LogP contribution in [0.15, 0.2) is 30.5 Å². The van der Waals surface area contributed by atoms with Gasteiger partial charge in [-0.25, -0.2) is 18.3 Å². The van der Waals surface area contributed by atoms with Gasteiger partial charge >= 0.3 is 5.84 Å². The molecule has 5 nitrogen and oxygen atoms in total. The highest BCUT2D eigenvalue weighted by molar-refractivity contribution is 6.11. The summed E-state index contributed by atoms with van der Waals surface area (Å²) in [5, 5.41) is 21.9. The molecule has 1 saturated heterocycles. The standard InChI is InChI=1S/C25H23F2N3O2/c1-3-16-20(26)6-5-14-9-15(31)10-17(21(14)16)23-22(27)18-11-29-24(19(18)12-28-23)30-8-4-7-25(2,32)13-30/h5-6,9-12,32H,3-4,7-8,13H2,1-2H3/p+1/t25-/m1/s1. The summed E-state index contributed by atoms with van der Waals surface area (Å²) >= 11 is 0. The maximum Gasteiger partial charge on any atom is 0.379 e. The maximum atomic E-state index is 15.7. The second-order valence-electron chi connectivity index (χ2n) is 8.82. The van der Waals surface area contributed by atoms with E-state index in [4.69, 9.17) is 0 Å². The van der Waals surface area contributed by atoms with E-state index in [0.29, 0.717) is 58.2 Å². The average molecular weight is 436 g/mol. The Labute approximate surface area is 184 Å².